The van der Waals surface area contributed by atoms with Crippen LogP contribution in [0.2, 0.25) is 0 Å². The monoisotopic (exact) mass is 462 g/mol. The Hall–Kier alpha value is -3.07. The third-order valence-electron chi connectivity index (χ3n) is 3.88. The topological polar surface area (TPSA) is 258 Å². The van der Waals surface area contributed by atoms with Crippen LogP contribution in [0.1, 0.15) is 26.2 Å². The van der Waals surface area contributed by atoms with Crippen LogP contribution in [0, 0.1) is 0 Å². The maximum absolute atomic E-state index is 12.7. The summed E-state index contributed by atoms with van der Waals surface area (Å²) in [5, 5.41) is 15.9. The second kappa shape index (κ2) is 14.0. The number of carbonyl (C=O) groups is 5. The Morgan fingerprint density at radius 1 is 0.968 bits per heavy atom. The van der Waals surface area contributed by atoms with Crippen molar-refractivity contribution in [2.75, 3.05) is 12.3 Å². The van der Waals surface area contributed by atoms with Crippen molar-refractivity contribution in [3.8, 4) is 0 Å². The molecule has 0 bridgehead atoms. The predicted molar refractivity (Wildman–Crippen MR) is 115 cm³/mol. The number of aliphatic carboxylic acids is 1. The number of carboxylic acids is 1. The molecule has 0 aromatic rings. The molecule has 0 radical (unpaired) electrons. The molecule has 0 aliphatic carbocycles. The van der Waals surface area contributed by atoms with Gasteiger partial charge in [0.2, 0.25) is 23.6 Å². The first-order valence-corrected chi connectivity index (χ1v) is 9.86. The van der Waals surface area contributed by atoms with Crippen LogP contribution in [0.5, 0.6) is 0 Å². The zero-order valence-corrected chi connectivity index (χ0v) is 17.9. The molecule has 0 aliphatic heterocycles. The van der Waals surface area contributed by atoms with Crippen molar-refractivity contribution in [2.24, 2.45) is 27.9 Å². The molecular weight excluding hydrogens is 432 g/mol. The molecule has 14 nitrogen and oxygen atoms in total. The standard InChI is InChI=1S/C16H30N8O6S/c1-7(15(29)30)22-14(28)10(6-31)24-13(27)9(3-2-4-21-16(19)20)23-12(26)8(17)5-11(18)25/h7-10,31H,2-6,17H2,1H3,(H2,18,25)(H,22,28)(H,23,26)(H,24,27)(H,29,30)(H4,19,20,21). The summed E-state index contributed by atoms with van der Waals surface area (Å²) in [6.45, 7) is 1.42. The van der Waals surface area contributed by atoms with Gasteiger partial charge in [-0.3, -0.25) is 29.0 Å². The number of primary amides is 1. The number of nitrogens with one attached hydrogen (secondary N) is 3. The Bertz CT molecular complexity index is 700. The zero-order chi connectivity index (χ0) is 24.1. The van der Waals surface area contributed by atoms with E-state index in [9.17, 15) is 24.0 Å². The van der Waals surface area contributed by atoms with E-state index in [1.165, 1.54) is 6.92 Å². The van der Waals surface area contributed by atoms with Gasteiger partial charge in [-0.15, -0.1) is 0 Å². The van der Waals surface area contributed by atoms with E-state index in [4.69, 9.17) is 28.0 Å². The minimum absolute atomic E-state index is 0.0735. The van der Waals surface area contributed by atoms with E-state index in [1.54, 1.807) is 0 Å². The molecule has 12 N–H and O–H groups in total. The van der Waals surface area contributed by atoms with Crippen molar-refractivity contribution >= 4 is 48.2 Å². The van der Waals surface area contributed by atoms with E-state index in [1.807, 2.05) is 0 Å². The van der Waals surface area contributed by atoms with Crippen molar-refractivity contribution < 1.29 is 29.1 Å². The summed E-state index contributed by atoms with van der Waals surface area (Å²) < 4.78 is 0. The van der Waals surface area contributed by atoms with Gasteiger partial charge >= 0.3 is 5.97 Å². The number of carbonyl (C=O) groups excluding carboxylic acids is 4. The highest BCUT2D eigenvalue weighted by molar-refractivity contribution is 7.80. The van der Waals surface area contributed by atoms with Crippen molar-refractivity contribution in [1.29, 1.82) is 0 Å². The summed E-state index contributed by atoms with van der Waals surface area (Å²) in [7, 11) is 0. The molecule has 0 heterocycles. The van der Waals surface area contributed by atoms with Crippen LogP contribution in [-0.2, 0) is 24.0 Å². The Morgan fingerprint density at radius 2 is 1.52 bits per heavy atom. The van der Waals surface area contributed by atoms with Gasteiger partial charge in [-0.1, -0.05) is 0 Å². The molecule has 0 fully saturated rings. The van der Waals surface area contributed by atoms with Gasteiger partial charge < -0.3 is 44.0 Å². The number of carboxylic acid groups (broad SMARTS) is 1. The maximum Gasteiger partial charge on any atom is 0.325 e. The van der Waals surface area contributed by atoms with Crippen LogP contribution in [-0.4, -0.2) is 77.1 Å². The molecule has 4 unspecified atom stereocenters. The average molecular weight is 463 g/mol. The fourth-order valence-corrected chi connectivity index (χ4v) is 2.46. The lowest BCUT2D eigenvalue weighted by Crippen LogP contribution is -2.57. The largest absolute Gasteiger partial charge is 0.480 e. The minimum atomic E-state index is -1.27. The zero-order valence-electron chi connectivity index (χ0n) is 17.0. The Morgan fingerprint density at radius 3 is 2.00 bits per heavy atom. The van der Waals surface area contributed by atoms with Gasteiger partial charge in [0.15, 0.2) is 5.96 Å². The highest BCUT2D eigenvalue weighted by atomic mass is 32.1. The molecule has 0 rings (SSSR count). The van der Waals surface area contributed by atoms with Crippen LogP contribution >= 0.6 is 12.6 Å². The maximum atomic E-state index is 12.7. The predicted octanol–water partition coefficient (Wildman–Crippen LogP) is -4.27. The van der Waals surface area contributed by atoms with Gasteiger partial charge in [0.1, 0.15) is 18.1 Å². The normalized spacial score (nSPS) is 14.3. The summed E-state index contributed by atoms with van der Waals surface area (Å²) in [4.78, 5) is 62.7. The third-order valence-corrected chi connectivity index (χ3v) is 4.25. The fraction of sp³-hybridized carbons (Fsp3) is 0.625. The molecule has 0 saturated carbocycles. The van der Waals surface area contributed by atoms with Crippen molar-refractivity contribution in [3.05, 3.63) is 0 Å². The molecule has 0 aromatic heterocycles. The summed E-state index contributed by atoms with van der Waals surface area (Å²) >= 11 is 3.99. The molecule has 4 atom stereocenters. The van der Waals surface area contributed by atoms with E-state index < -0.39 is 60.2 Å². The van der Waals surface area contributed by atoms with Gasteiger partial charge in [-0.2, -0.15) is 12.6 Å². The second-order valence-corrected chi connectivity index (χ2v) is 6.96. The van der Waals surface area contributed by atoms with Crippen LogP contribution in [0.15, 0.2) is 4.99 Å². The number of guanidine groups is 1. The molecule has 31 heavy (non-hydrogen) atoms. The van der Waals surface area contributed by atoms with E-state index in [0.29, 0.717) is 0 Å². The highest BCUT2D eigenvalue weighted by Gasteiger charge is 2.28. The lowest BCUT2D eigenvalue weighted by atomic mass is 10.1. The molecule has 0 saturated heterocycles. The van der Waals surface area contributed by atoms with Crippen LogP contribution < -0.4 is 38.9 Å². The molecule has 0 aromatic carbocycles. The van der Waals surface area contributed by atoms with Crippen molar-refractivity contribution in [1.82, 2.24) is 16.0 Å². The molecule has 0 aliphatic rings. The minimum Gasteiger partial charge on any atom is -0.480 e. The van der Waals surface area contributed by atoms with Crippen LogP contribution in [0.4, 0.5) is 0 Å². The first-order chi connectivity index (χ1) is 14.4. The quantitative estimate of drug-likeness (QED) is 0.0523. The van der Waals surface area contributed by atoms with Gasteiger partial charge in [-0.05, 0) is 19.8 Å². The summed E-state index contributed by atoms with van der Waals surface area (Å²) in [6, 6.07) is -4.78. The molecule has 176 valence electrons. The second-order valence-electron chi connectivity index (χ2n) is 6.60. The van der Waals surface area contributed by atoms with E-state index in [-0.39, 0.29) is 31.1 Å². The van der Waals surface area contributed by atoms with Gasteiger partial charge in [0.25, 0.3) is 0 Å². The number of nitrogens with zero attached hydrogens (tertiary/aromatic N) is 1. The van der Waals surface area contributed by atoms with Gasteiger partial charge in [-0.25, -0.2) is 0 Å². The number of rotatable bonds is 14. The SMILES string of the molecule is CC(NC(=O)C(CS)NC(=O)C(CCCN=C(N)N)NC(=O)C(N)CC(N)=O)C(=O)O. The van der Waals surface area contributed by atoms with E-state index in [0.717, 1.165) is 0 Å². The molecular formula is C16H30N8O6S. The number of aliphatic imine (C=N–C) groups is 1. The lowest BCUT2D eigenvalue weighted by Gasteiger charge is -2.23. The number of nitrogens with two attached hydrogens (primary N) is 4. The Labute approximate surface area is 184 Å². The first kappa shape index (κ1) is 27.9. The summed E-state index contributed by atoms with van der Waals surface area (Å²) in [5.41, 5.74) is 21.1. The average Bonchev–Trinajstić information content (AvgIpc) is 2.66. The van der Waals surface area contributed by atoms with Gasteiger partial charge in [0.05, 0.1) is 12.5 Å². The summed E-state index contributed by atoms with van der Waals surface area (Å²) in [5.74, 6) is -4.66. The van der Waals surface area contributed by atoms with E-state index >= 15 is 0 Å². The van der Waals surface area contributed by atoms with Crippen molar-refractivity contribution in [3.63, 3.8) is 0 Å². The number of hydrogen-bond donors (Lipinski definition) is 9. The number of amides is 4. The Kier molecular flexibility index (Phi) is 12.6. The molecule has 0 spiro atoms. The number of thiol groups is 1. The third kappa shape index (κ3) is 11.6. The van der Waals surface area contributed by atoms with Gasteiger partial charge in [0, 0.05) is 12.3 Å². The highest BCUT2D eigenvalue weighted by Crippen LogP contribution is 2.02. The Balaban J connectivity index is 5.24. The fourth-order valence-electron chi connectivity index (χ4n) is 2.20. The van der Waals surface area contributed by atoms with E-state index in [2.05, 4.69) is 33.6 Å². The molecule has 4 amide bonds. The number of hydrogen-bond acceptors (Lipinski definition) is 8. The summed E-state index contributed by atoms with van der Waals surface area (Å²) in [6.07, 6.45) is -0.0673. The van der Waals surface area contributed by atoms with Crippen LogP contribution in [0.25, 0.3) is 0 Å². The van der Waals surface area contributed by atoms with Crippen molar-refractivity contribution in [2.45, 2.75) is 50.4 Å². The first-order valence-electron chi connectivity index (χ1n) is 9.23. The van der Waals surface area contributed by atoms with Crippen LogP contribution in [0.3, 0.4) is 0 Å². The smallest absolute Gasteiger partial charge is 0.325 e. The molecule has 15 heteroatoms. The lowest BCUT2D eigenvalue weighted by molar-refractivity contribution is -0.141.